The molecule has 0 saturated heterocycles. The van der Waals surface area contributed by atoms with E-state index in [-0.39, 0.29) is 32.3 Å². The van der Waals surface area contributed by atoms with Crippen LogP contribution in [0, 0.1) is 0 Å². The van der Waals surface area contributed by atoms with Gasteiger partial charge in [0.15, 0.2) is 0 Å². The van der Waals surface area contributed by atoms with Crippen molar-refractivity contribution in [3.8, 4) is 5.75 Å². The van der Waals surface area contributed by atoms with Crippen LogP contribution in [0.25, 0.3) is 10.8 Å². The van der Waals surface area contributed by atoms with Gasteiger partial charge in [-0.25, -0.2) is 0 Å². The minimum atomic E-state index is -4.44. The lowest BCUT2D eigenvalue weighted by molar-refractivity contribution is 0.480. The van der Waals surface area contributed by atoms with E-state index in [2.05, 4.69) is 10.2 Å². The second-order valence-corrected chi connectivity index (χ2v) is 8.30. The van der Waals surface area contributed by atoms with Crippen LogP contribution in [0.2, 0.25) is 0 Å². The van der Waals surface area contributed by atoms with Gasteiger partial charge in [0.1, 0.15) is 5.75 Å². The Kier molecular flexibility index (Phi) is 4.70. The lowest BCUT2D eigenvalue weighted by atomic mass is 10.1. The summed E-state index contributed by atoms with van der Waals surface area (Å²) < 4.78 is 62.9. The van der Waals surface area contributed by atoms with Crippen molar-refractivity contribution >= 4 is 42.4 Å². The standard InChI is InChI=1S/C16H12N2O7S2/c19-16-8-7-15(14-9-12(27(23,24)25)5-6-13(14)16)18-17-10-1-3-11(4-2-10)26(20,21)22/h1-9,19H,(H,20,21,22)(H,23,24,25). The van der Waals surface area contributed by atoms with Gasteiger partial charge < -0.3 is 5.11 Å². The summed E-state index contributed by atoms with van der Waals surface area (Å²) in [7, 11) is -8.76. The Morgan fingerprint density at radius 3 is 1.85 bits per heavy atom. The molecule has 0 saturated carbocycles. The molecule has 0 fully saturated rings. The molecule has 0 aliphatic heterocycles. The fourth-order valence-electron chi connectivity index (χ4n) is 2.34. The molecule has 140 valence electrons. The van der Waals surface area contributed by atoms with Crippen molar-refractivity contribution in [3.05, 3.63) is 54.6 Å². The molecule has 0 amide bonds. The van der Waals surface area contributed by atoms with Crippen molar-refractivity contribution in [2.75, 3.05) is 0 Å². The maximum atomic E-state index is 11.3. The first-order valence-corrected chi connectivity index (χ1v) is 10.2. The molecule has 3 aromatic carbocycles. The molecular formula is C16H12N2O7S2. The predicted octanol–water partition coefficient (Wildman–Crippen LogP) is 3.45. The minimum Gasteiger partial charge on any atom is -0.507 e. The summed E-state index contributed by atoms with van der Waals surface area (Å²) in [6.45, 7) is 0. The van der Waals surface area contributed by atoms with Crippen molar-refractivity contribution in [2.24, 2.45) is 10.2 Å². The molecule has 3 N–H and O–H groups in total. The van der Waals surface area contributed by atoms with Crippen LogP contribution in [0.3, 0.4) is 0 Å². The molecule has 0 bridgehead atoms. The van der Waals surface area contributed by atoms with Crippen LogP contribution >= 0.6 is 0 Å². The largest absolute Gasteiger partial charge is 0.507 e. The summed E-state index contributed by atoms with van der Waals surface area (Å²) in [5.41, 5.74) is 0.488. The highest BCUT2D eigenvalue weighted by Gasteiger charge is 2.13. The Bertz CT molecular complexity index is 1270. The Morgan fingerprint density at radius 2 is 1.26 bits per heavy atom. The molecule has 0 aliphatic carbocycles. The Labute approximate surface area is 154 Å². The van der Waals surface area contributed by atoms with E-state index >= 15 is 0 Å². The van der Waals surface area contributed by atoms with Crippen molar-refractivity contribution in [1.29, 1.82) is 0 Å². The van der Waals surface area contributed by atoms with Crippen LogP contribution in [0.1, 0.15) is 0 Å². The van der Waals surface area contributed by atoms with Gasteiger partial charge in [-0.15, -0.1) is 5.11 Å². The zero-order valence-corrected chi connectivity index (χ0v) is 15.0. The van der Waals surface area contributed by atoms with Gasteiger partial charge in [-0.05, 0) is 54.6 Å². The van der Waals surface area contributed by atoms with Crippen LogP contribution < -0.4 is 0 Å². The summed E-state index contributed by atoms with van der Waals surface area (Å²) in [6.07, 6.45) is 0. The fraction of sp³-hybridized carbons (Fsp3) is 0. The molecule has 3 aromatic rings. The number of rotatable bonds is 4. The number of hydrogen-bond donors (Lipinski definition) is 3. The second kappa shape index (κ2) is 6.70. The summed E-state index contributed by atoms with van der Waals surface area (Å²) in [5.74, 6) is -0.108. The molecule has 0 atom stereocenters. The number of phenolic OH excluding ortho intramolecular Hbond substituents is 1. The average molecular weight is 408 g/mol. The van der Waals surface area contributed by atoms with Crippen LogP contribution in [0.5, 0.6) is 5.75 Å². The first kappa shape index (κ1) is 18.9. The molecule has 0 heterocycles. The molecule has 9 nitrogen and oxygen atoms in total. The molecule has 11 heteroatoms. The SMILES string of the molecule is O=S(=O)(O)c1ccc(N=Nc2ccc(O)c3ccc(S(=O)(=O)O)cc23)cc1. The zero-order chi connectivity index (χ0) is 19.8. The van der Waals surface area contributed by atoms with Crippen molar-refractivity contribution < 1.29 is 31.0 Å². The molecule has 0 spiro atoms. The molecule has 0 aromatic heterocycles. The highest BCUT2D eigenvalue weighted by Crippen LogP contribution is 2.35. The Hall–Kier alpha value is -2.86. The van der Waals surface area contributed by atoms with Gasteiger partial charge in [-0.3, -0.25) is 9.11 Å². The molecule has 0 aliphatic rings. The maximum absolute atomic E-state index is 11.3. The van der Waals surface area contributed by atoms with Gasteiger partial charge in [-0.1, -0.05) is 0 Å². The van der Waals surface area contributed by atoms with Crippen LogP contribution in [0.15, 0.2) is 74.6 Å². The Balaban J connectivity index is 2.06. The van der Waals surface area contributed by atoms with E-state index in [1.54, 1.807) is 0 Å². The maximum Gasteiger partial charge on any atom is 0.294 e. The van der Waals surface area contributed by atoms with E-state index in [4.69, 9.17) is 4.55 Å². The molecule has 3 rings (SSSR count). The summed E-state index contributed by atoms with van der Waals surface area (Å²) in [6, 6.07) is 11.3. The lowest BCUT2D eigenvalue weighted by Gasteiger charge is -2.06. The lowest BCUT2D eigenvalue weighted by Crippen LogP contribution is -1.97. The van der Waals surface area contributed by atoms with Gasteiger partial charge in [0.05, 0.1) is 21.2 Å². The van der Waals surface area contributed by atoms with Crippen molar-refractivity contribution in [3.63, 3.8) is 0 Å². The third-order valence-electron chi connectivity index (χ3n) is 3.65. The average Bonchev–Trinajstić information content (AvgIpc) is 2.60. The van der Waals surface area contributed by atoms with Crippen molar-refractivity contribution in [2.45, 2.75) is 9.79 Å². The summed E-state index contributed by atoms with van der Waals surface area (Å²) >= 11 is 0. The van der Waals surface area contributed by atoms with E-state index < -0.39 is 20.2 Å². The van der Waals surface area contributed by atoms with Gasteiger partial charge in [0.25, 0.3) is 20.2 Å². The van der Waals surface area contributed by atoms with Gasteiger partial charge >= 0.3 is 0 Å². The van der Waals surface area contributed by atoms with Crippen molar-refractivity contribution in [1.82, 2.24) is 0 Å². The quantitative estimate of drug-likeness (QED) is 0.441. The number of aromatic hydroxyl groups is 1. The number of fused-ring (bicyclic) bond motifs is 1. The van der Waals surface area contributed by atoms with E-state index in [0.29, 0.717) is 5.39 Å². The fourth-order valence-corrected chi connectivity index (χ4v) is 3.33. The monoisotopic (exact) mass is 408 g/mol. The first-order chi connectivity index (χ1) is 12.6. The summed E-state index contributed by atoms with van der Waals surface area (Å²) in [5, 5.41) is 18.4. The van der Waals surface area contributed by atoms with Gasteiger partial charge in [0.2, 0.25) is 0 Å². The highest BCUT2D eigenvalue weighted by molar-refractivity contribution is 7.86. The molecule has 0 radical (unpaired) electrons. The highest BCUT2D eigenvalue weighted by atomic mass is 32.2. The summed E-state index contributed by atoms with van der Waals surface area (Å²) in [4.78, 5) is -0.663. The third kappa shape index (κ3) is 4.11. The second-order valence-electron chi connectivity index (χ2n) is 5.46. The Morgan fingerprint density at radius 1 is 0.667 bits per heavy atom. The number of nitrogens with zero attached hydrogens (tertiary/aromatic N) is 2. The number of benzene rings is 3. The van der Waals surface area contributed by atoms with E-state index in [1.165, 1.54) is 30.3 Å². The molecular weight excluding hydrogens is 396 g/mol. The predicted molar refractivity (Wildman–Crippen MR) is 95.9 cm³/mol. The minimum absolute atomic E-state index is 0.108. The normalized spacial score (nSPS) is 12.7. The van der Waals surface area contributed by atoms with Crippen LogP contribution in [-0.4, -0.2) is 31.0 Å². The van der Waals surface area contributed by atoms with E-state index in [0.717, 1.165) is 24.3 Å². The van der Waals surface area contributed by atoms with E-state index in [1.807, 2.05) is 0 Å². The number of azo groups is 1. The van der Waals surface area contributed by atoms with Crippen LogP contribution in [-0.2, 0) is 20.2 Å². The smallest absolute Gasteiger partial charge is 0.294 e. The molecule has 27 heavy (non-hydrogen) atoms. The van der Waals surface area contributed by atoms with E-state index in [9.17, 15) is 26.5 Å². The third-order valence-corrected chi connectivity index (χ3v) is 5.37. The first-order valence-electron chi connectivity index (χ1n) is 7.28. The number of hydrogen-bond acceptors (Lipinski definition) is 7. The van der Waals surface area contributed by atoms with Gasteiger partial charge in [0, 0.05) is 10.8 Å². The zero-order valence-electron chi connectivity index (χ0n) is 13.4. The van der Waals surface area contributed by atoms with Gasteiger partial charge in [-0.2, -0.15) is 21.9 Å². The number of phenols is 1. The molecule has 0 unspecified atom stereocenters. The van der Waals surface area contributed by atoms with Crippen LogP contribution in [0.4, 0.5) is 11.4 Å². The topological polar surface area (TPSA) is 154 Å².